The molecule has 1 amide bonds. The van der Waals surface area contributed by atoms with Crippen LogP contribution in [0.2, 0.25) is 0 Å². The van der Waals surface area contributed by atoms with Gasteiger partial charge in [-0.3, -0.25) is 14.6 Å². The van der Waals surface area contributed by atoms with E-state index in [1.54, 1.807) is 24.3 Å². The molecule has 2 aromatic rings. The molecule has 3 heterocycles. The number of aliphatic imine (C=N–C) groups is 1. The van der Waals surface area contributed by atoms with Crippen molar-refractivity contribution >= 4 is 17.3 Å². The predicted octanol–water partition coefficient (Wildman–Crippen LogP) is 1.61. The van der Waals surface area contributed by atoms with Gasteiger partial charge in [0.25, 0.3) is 0 Å². The second-order valence-corrected chi connectivity index (χ2v) is 5.95. The Morgan fingerprint density at radius 3 is 2.92 bits per heavy atom. The lowest BCUT2D eigenvalue weighted by Crippen LogP contribution is -2.35. The minimum atomic E-state index is -0.197. The van der Waals surface area contributed by atoms with Crippen LogP contribution < -0.4 is 10.3 Å². The summed E-state index contributed by atoms with van der Waals surface area (Å²) in [5, 5.41) is 0. The smallest absolute Gasteiger partial charge is 0.248 e. The molecule has 126 valence electrons. The van der Waals surface area contributed by atoms with Crippen molar-refractivity contribution in [1.82, 2.24) is 9.88 Å². The molecule has 0 atom stereocenters. The first kappa shape index (κ1) is 15.4. The lowest BCUT2D eigenvalue weighted by Gasteiger charge is -2.31. The second kappa shape index (κ2) is 6.05. The van der Waals surface area contributed by atoms with Crippen LogP contribution in [-0.2, 0) is 11.2 Å². The van der Waals surface area contributed by atoms with Gasteiger partial charge in [-0.25, -0.2) is 0 Å². The van der Waals surface area contributed by atoms with Crippen LogP contribution in [0.4, 0.5) is 0 Å². The molecule has 0 fully saturated rings. The highest BCUT2D eigenvalue weighted by atomic mass is 16.5. The van der Waals surface area contributed by atoms with Crippen LogP contribution in [0.5, 0.6) is 5.75 Å². The maximum atomic E-state index is 12.5. The summed E-state index contributed by atoms with van der Waals surface area (Å²) in [6.45, 7) is 0.664. The minimum absolute atomic E-state index is 0.0421. The Morgan fingerprint density at radius 1 is 1.24 bits per heavy atom. The van der Waals surface area contributed by atoms with Crippen molar-refractivity contribution in [3.05, 3.63) is 69.6 Å². The first-order chi connectivity index (χ1) is 12.2. The molecule has 6 heteroatoms. The van der Waals surface area contributed by atoms with Crippen LogP contribution in [0, 0.1) is 0 Å². The number of nitrogens with one attached hydrogen (secondary N) is 1. The van der Waals surface area contributed by atoms with Gasteiger partial charge in [0, 0.05) is 35.5 Å². The van der Waals surface area contributed by atoms with E-state index in [1.807, 2.05) is 24.3 Å². The molecule has 0 saturated carbocycles. The van der Waals surface area contributed by atoms with Gasteiger partial charge in [-0.1, -0.05) is 12.1 Å². The van der Waals surface area contributed by atoms with E-state index in [4.69, 9.17) is 4.74 Å². The third-order valence-electron chi connectivity index (χ3n) is 4.54. The molecule has 6 nitrogen and oxygen atoms in total. The summed E-state index contributed by atoms with van der Waals surface area (Å²) in [5.74, 6) is 0.781. The number of methoxy groups -OCH3 is 1. The number of rotatable bonds is 2. The Kier molecular flexibility index (Phi) is 3.72. The van der Waals surface area contributed by atoms with Crippen LogP contribution in [0.25, 0.3) is 5.70 Å². The van der Waals surface area contributed by atoms with Crippen LogP contribution in [0.3, 0.4) is 0 Å². The van der Waals surface area contributed by atoms with Crippen LogP contribution in [0.1, 0.15) is 16.7 Å². The summed E-state index contributed by atoms with van der Waals surface area (Å²) in [6.07, 6.45) is 4.21. The number of hydrogen-bond donors (Lipinski definition) is 1. The number of H-pyrrole nitrogens is 1. The fourth-order valence-electron chi connectivity index (χ4n) is 3.35. The number of benzene rings is 1. The Labute approximate surface area is 144 Å². The number of carbonyl (C=O) groups excluding carboxylic acids is 1. The van der Waals surface area contributed by atoms with Gasteiger partial charge < -0.3 is 14.6 Å². The van der Waals surface area contributed by atoms with Crippen molar-refractivity contribution in [1.29, 1.82) is 0 Å². The van der Waals surface area contributed by atoms with Crippen LogP contribution >= 0.6 is 0 Å². The van der Waals surface area contributed by atoms with Gasteiger partial charge in [-0.05, 0) is 24.6 Å². The minimum Gasteiger partial charge on any atom is -0.496 e. The van der Waals surface area contributed by atoms with E-state index < -0.39 is 0 Å². The van der Waals surface area contributed by atoms with Crippen molar-refractivity contribution in [3.8, 4) is 5.75 Å². The Morgan fingerprint density at radius 2 is 2.12 bits per heavy atom. The van der Waals surface area contributed by atoms with Crippen LogP contribution in [-0.4, -0.2) is 41.7 Å². The van der Waals surface area contributed by atoms with Gasteiger partial charge in [-0.2, -0.15) is 0 Å². The van der Waals surface area contributed by atoms with Gasteiger partial charge in [0.15, 0.2) is 0 Å². The summed E-state index contributed by atoms with van der Waals surface area (Å²) < 4.78 is 5.47. The number of allylic oxidation sites excluding steroid dienone is 1. The predicted molar refractivity (Wildman–Crippen MR) is 94.9 cm³/mol. The summed E-state index contributed by atoms with van der Waals surface area (Å²) >= 11 is 0. The lowest BCUT2D eigenvalue weighted by molar-refractivity contribution is -0.126. The molecule has 2 aliphatic heterocycles. The highest BCUT2D eigenvalue weighted by Gasteiger charge is 2.29. The number of hydrogen-bond acceptors (Lipinski definition) is 4. The normalized spacial score (nSPS) is 16.4. The molecule has 2 aliphatic rings. The van der Waals surface area contributed by atoms with E-state index >= 15 is 0 Å². The fraction of sp³-hybridized carbons (Fsp3) is 0.211. The molecule has 4 rings (SSSR count). The van der Waals surface area contributed by atoms with E-state index in [2.05, 4.69) is 9.98 Å². The van der Waals surface area contributed by atoms with E-state index in [9.17, 15) is 9.59 Å². The molecule has 0 radical (unpaired) electrons. The lowest BCUT2D eigenvalue weighted by atomic mass is 9.94. The SMILES string of the molecule is COc1cccc2c1CCN1C(=O)CN=C(c3cc[nH]c(=O)c3)C=C21. The monoisotopic (exact) mass is 335 g/mol. The summed E-state index contributed by atoms with van der Waals surface area (Å²) in [7, 11) is 1.65. The highest BCUT2D eigenvalue weighted by molar-refractivity contribution is 6.15. The fourth-order valence-corrected chi connectivity index (χ4v) is 3.35. The summed E-state index contributed by atoms with van der Waals surface area (Å²) in [6, 6.07) is 9.11. The Hall–Kier alpha value is -3.15. The molecule has 1 N–H and O–H groups in total. The molecule has 0 saturated heterocycles. The van der Waals surface area contributed by atoms with Gasteiger partial charge >= 0.3 is 0 Å². The number of nitrogens with zero attached hydrogens (tertiary/aromatic N) is 2. The van der Waals surface area contributed by atoms with E-state index in [1.165, 1.54) is 6.07 Å². The van der Waals surface area contributed by atoms with Crippen molar-refractivity contribution in [2.24, 2.45) is 4.99 Å². The van der Waals surface area contributed by atoms with E-state index in [0.29, 0.717) is 17.8 Å². The number of aromatic nitrogens is 1. The molecule has 0 bridgehead atoms. The second-order valence-electron chi connectivity index (χ2n) is 5.95. The maximum Gasteiger partial charge on any atom is 0.248 e. The summed E-state index contributed by atoms with van der Waals surface area (Å²) in [5.41, 5.74) is 4.00. The molecule has 0 aliphatic carbocycles. The maximum absolute atomic E-state index is 12.5. The van der Waals surface area contributed by atoms with Crippen molar-refractivity contribution in [2.45, 2.75) is 6.42 Å². The zero-order chi connectivity index (χ0) is 17.4. The van der Waals surface area contributed by atoms with E-state index in [0.717, 1.165) is 29.0 Å². The molecular weight excluding hydrogens is 318 g/mol. The first-order valence-corrected chi connectivity index (χ1v) is 8.09. The Bertz CT molecular complexity index is 972. The molecule has 1 aromatic heterocycles. The number of pyridine rings is 1. The topological polar surface area (TPSA) is 74.8 Å². The number of carbonyl (C=O) groups is 1. The van der Waals surface area contributed by atoms with Crippen molar-refractivity contribution < 1.29 is 9.53 Å². The quantitative estimate of drug-likeness (QED) is 0.906. The third kappa shape index (κ3) is 2.65. The number of aromatic amines is 1. The number of ether oxygens (including phenoxy) is 1. The zero-order valence-corrected chi connectivity index (χ0v) is 13.8. The van der Waals surface area contributed by atoms with Crippen molar-refractivity contribution in [2.75, 3.05) is 20.2 Å². The van der Waals surface area contributed by atoms with Gasteiger partial charge in [-0.15, -0.1) is 0 Å². The van der Waals surface area contributed by atoms with Crippen molar-refractivity contribution in [3.63, 3.8) is 0 Å². The Balaban J connectivity index is 1.89. The third-order valence-corrected chi connectivity index (χ3v) is 4.54. The average Bonchev–Trinajstić information content (AvgIpc) is 2.80. The number of amides is 1. The molecule has 1 aromatic carbocycles. The van der Waals surface area contributed by atoms with E-state index in [-0.39, 0.29) is 18.0 Å². The largest absolute Gasteiger partial charge is 0.496 e. The first-order valence-electron chi connectivity index (χ1n) is 8.09. The number of fused-ring (bicyclic) bond motifs is 3. The summed E-state index contributed by atoms with van der Waals surface area (Å²) in [4.78, 5) is 32.9. The van der Waals surface area contributed by atoms with Crippen LogP contribution in [0.15, 0.2) is 52.4 Å². The average molecular weight is 335 g/mol. The van der Waals surface area contributed by atoms with Gasteiger partial charge in [0.2, 0.25) is 11.5 Å². The molecule has 0 unspecified atom stereocenters. The highest BCUT2D eigenvalue weighted by Crippen LogP contribution is 2.35. The molecule has 25 heavy (non-hydrogen) atoms. The van der Waals surface area contributed by atoms with Gasteiger partial charge in [0.1, 0.15) is 12.3 Å². The standard InChI is InChI=1S/C19H17N3O3/c1-25-17-4-2-3-13-14(17)6-8-22-16(13)10-15(21-11-19(22)24)12-5-7-20-18(23)9-12/h2-5,7,9-10H,6,8,11H2,1H3,(H,20,23). The zero-order valence-electron chi connectivity index (χ0n) is 13.8. The molecule has 0 spiro atoms. The van der Waals surface area contributed by atoms with Gasteiger partial charge in [0.05, 0.1) is 18.5 Å². The molecular formula is C19H17N3O3.